The predicted octanol–water partition coefficient (Wildman–Crippen LogP) is 4.43. The quantitative estimate of drug-likeness (QED) is 0.597. The highest BCUT2D eigenvalue weighted by molar-refractivity contribution is 5.99. The SMILES string of the molecule is Cc1cc(C(=O)CNCCC(C)C)c(C)n1C1CCCCC1. The van der Waals surface area contributed by atoms with Gasteiger partial charge in [0.05, 0.1) is 6.54 Å². The molecule has 1 aliphatic rings. The van der Waals surface area contributed by atoms with Gasteiger partial charge in [-0.05, 0) is 51.6 Å². The van der Waals surface area contributed by atoms with Gasteiger partial charge in [-0.3, -0.25) is 4.79 Å². The molecule has 1 heterocycles. The van der Waals surface area contributed by atoms with Crippen molar-refractivity contribution in [2.24, 2.45) is 5.92 Å². The van der Waals surface area contributed by atoms with Gasteiger partial charge in [0, 0.05) is 23.0 Å². The van der Waals surface area contributed by atoms with Gasteiger partial charge in [-0.1, -0.05) is 33.1 Å². The molecule has 22 heavy (non-hydrogen) atoms. The Labute approximate surface area is 135 Å². The summed E-state index contributed by atoms with van der Waals surface area (Å²) >= 11 is 0. The number of rotatable bonds is 7. The lowest BCUT2D eigenvalue weighted by atomic mass is 9.95. The number of Topliss-reactive ketones (excluding diaryl/α,β-unsaturated/α-hetero) is 1. The van der Waals surface area contributed by atoms with Crippen molar-refractivity contribution in [1.82, 2.24) is 9.88 Å². The maximum Gasteiger partial charge on any atom is 0.178 e. The fourth-order valence-corrected chi connectivity index (χ4v) is 3.65. The van der Waals surface area contributed by atoms with E-state index in [4.69, 9.17) is 0 Å². The van der Waals surface area contributed by atoms with Crippen LogP contribution in [0.4, 0.5) is 0 Å². The lowest BCUT2D eigenvalue weighted by Gasteiger charge is -2.26. The Kier molecular flexibility index (Phi) is 6.25. The average molecular weight is 304 g/mol. The minimum Gasteiger partial charge on any atom is -0.345 e. The first-order valence-corrected chi connectivity index (χ1v) is 8.93. The van der Waals surface area contributed by atoms with E-state index in [1.165, 1.54) is 43.5 Å². The van der Waals surface area contributed by atoms with Crippen LogP contribution in [0, 0.1) is 19.8 Å². The number of hydrogen-bond donors (Lipinski definition) is 1. The van der Waals surface area contributed by atoms with E-state index < -0.39 is 0 Å². The molecule has 1 aliphatic carbocycles. The third kappa shape index (κ3) is 4.22. The summed E-state index contributed by atoms with van der Waals surface area (Å²) in [6.45, 7) is 10.1. The van der Waals surface area contributed by atoms with Crippen LogP contribution in [-0.4, -0.2) is 23.4 Å². The second-order valence-corrected chi connectivity index (χ2v) is 7.23. The van der Waals surface area contributed by atoms with Gasteiger partial charge in [0.25, 0.3) is 0 Å². The van der Waals surface area contributed by atoms with Crippen LogP contribution in [0.15, 0.2) is 6.07 Å². The molecule has 3 nitrogen and oxygen atoms in total. The van der Waals surface area contributed by atoms with Crippen molar-refractivity contribution in [1.29, 1.82) is 0 Å². The van der Waals surface area contributed by atoms with Crippen LogP contribution in [0.25, 0.3) is 0 Å². The standard InChI is InChI=1S/C19H32N2O/c1-14(2)10-11-20-13-19(22)18-12-15(3)21(16(18)4)17-8-6-5-7-9-17/h12,14,17,20H,5-11,13H2,1-4H3. The minimum atomic E-state index is 0.235. The third-order valence-corrected chi connectivity index (χ3v) is 4.91. The molecule has 0 saturated heterocycles. The molecule has 1 aromatic heterocycles. The van der Waals surface area contributed by atoms with Crippen LogP contribution >= 0.6 is 0 Å². The van der Waals surface area contributed by atoms with Gasteiger partial charge in [-0.25, -0.2) is 0 Å². The van der Waals surface area contributed by atoms with Gasteiger partial charge < -0.3 is 9.88 Å². The fraction of sp³-hybridized carbons (Fsp3) is 0.737. The largest absolute Gasteiger partial charge is 0.345 e. The molecule has 0 bridgehead atoms. The summed E-state index contributed by atoms with van der Waals surface area (Å²) in [6.07, 6.45) is 7.65. The molecule has 1 saturated carbocycles. The van der Waals surface area contributed by atoms with Crippen LogP contribution < -0.4 is 5.32 Å². The van der Waals surface area contributed by atoms with Crippen LogP contribution in [-0.2, 0) is 0 Å². The van der Waals surface area contributed by atoms with Crippen molar-refractivity contribution in [3.63, 3.8) is 0 Å². The normalized spacial score (nSPS) is 16.4. The number of carbonyl (C=O) groups is 1. The molecule has 0 atom stereocenters. The predicted molar refractivity (Wildman–Crippen MR) is 92.7 cm³/mol. The smallest absolute Gasteiger partial charge is 0.178 e. The van der Waals surface area contributed by atoms with Crippen LogP contribution in [0.1, 0.15) is 80.2 Å². The van der Waals surface area contributed by atoms with Crippen molar-refractivity contribution in [2.75, 3.05) is 13.1 Å². The number of nitrogens with one attached hydrogen (secondary N) is 1. The number of hydrogen-bond acceptors (Lipinski definition) is 2. The molecule has 124 valence electrons. The topological polar surface area (TPSA) is 34.0 Å². The van der Waals surface area contributed by atoms with E-state index in [-0.39, 0.29) is 5.78 Å². The zero-order valence-electron chi connectivity index (χ0n) is 14.7. The van der Waals surface area contributed by atoms with E-state index in [1.54, 1.807) is 0 Å². The highest BCUT2D eigenvalue weighted by Gasteiger charge is 2.22. The van der Waals surface area contributed by atoms with Gasteiger partial charge in [-0.15, -0.1) is 0 Å². The Morgan fingerprint density at radius 3 is 2.59 bits per heavy atom. The van der Waals surface area contributed by atoms with E-state index in [1.807, 2.05) is 0 Å². The van der Waals surface area contributed by atoms with Gasteiger partial charge in [0.15, 0.2) is 5.78 Å². The molecule has 1 fully saturated rings. The zero-order valence-corrected chi connectivity index (χ0v) is 14.7. The molecular formula is C19H32N2O. The summed E-state index contributed by atoms with van der Waals surface area (Å²) in [5, 5.41) is 3.29. The third-order valence-electron chi connectivity index (χ3n) is 4.91. The lowest BCUT2D eigenvalue weighted by molar-refractivity contribution is 0.0990. The number of aryl methyl sites for hydroxylation is 1. The molecule has 0 unspecified atom stereocenters. The van der Waals surface area contributed by atoms with Gasteiger partial charge in [-0.2, -0.15) is 0 Å². The molecular weight excluding hydrogens is 272 g/mol. The van der Waals surface area contributed by atoms with E-state index in [0.29, 0.717) is 18.5 Å². The van der Waals surface area contributed by atoms with E-state index in [9.17, 15) is 4.79 Å². The highest BCUT2D eigenvalue weighted by Crippen LogP contribution is 2.32. The number of ketones is 1. The fourth-order valence-electron chi connectivity index (χ4n) is 3.65. The molecule has 1 N–H and O–H groups in total. The Balaban J connectivity index is 2.00. The molecule has 0 aromatic carbocycles. The minimum absolute atomic E-state index is 0.235. The van der Waals surface area contributed by atoms with Gasteiger partial charge >= 0.3 is 0 Å². The van der Waals surface area contributed by atoms with Crippen LogP contribution in [0.2, 0.25) is 0 Å². The molecule has 0 aliphatic heterocycles. The molecule has 3 heteroatoms. The summed E-state index contributed by atoms with van der Waals surface area (Å²) in [4.78, 5) is 12.5. The van der Waals surface area contributed by atoms with Crippen molar-refractivity contribution in [3.05, 3.63) is 23.0 Å². The summed E-state index contributed by atoms with van der Waals surface area (Å²) in [5.41, 5.74) is 3.33. The van der Waals surface area contributed by atoms with Crippen LogP contribution in [0.3, 0.4) is 0 Å². The van der Waals surface area contributed by atoms with Crippen molar-refractivity contribution < 1.29 is 4.79 Å². The molecule has 2 rings (SSSR count). The van der Waals surface area contributed by atoms with Gasteiger partial charge in [0.2, 0.25) is 0 Å². The summed E-state index contributed by atoms with van der Waals surface area (Å²) in [7, 11) is 0. The second kappa shape index (κ2) is 7.96. The van der Waals surface area contributed by atoms with Crippen LogP contribution in [0.5, 0.6) is 0 Å². The van der Waals surface area contributed by atoms with Crippen molar-refractivity contribution in [3.8, 4) is 0 Å². The summed E-state index contributed by atoms with van der Waals surface area (Å²) in [5.74, 6) is 0.915. The lowest BCUT2D eigenvalue weighted by Crippen LogP contribution is -2.25. The van der Waals surface area contributed by atoms with E-state index in [2.05, 4.69) is 43.6 Å². The van der Waals surface area contributed by atoms with Crippen molar-refractivity contribution >= 4 is 5.78 Å². The average Bonchev–Trinajstić information content (AvgIpc) is 2.79. The summed E-state index contributed by atoms with van der Waals surface area (Å²) in [6, 6.07) is 2.69. The first-order valence-electron chi connectivity index (χ1n) is 8.93. The monoisotopic (exact) mass is 304 g/mol. The van der Waals surface area contributed by atoms with E-state index in [0.717, 1.165) is 18.5 Å². The first kappa shape index (κ1) is 17.3. The number of aromatic nitrogens is 1. The highest BCUT2D eigenvalue weighted by atomic mass is 16.1. The zero-order chi connectivity index (χ0) is 16.1. The molecule has 0 spiro atoms. The molecule has 1 aromatic rings. The van der Waals surface area contributed by atoms with Crippen molar-refractivity contribution in [2.45, 2.75) is 72.3 Å². The maximum atomic E-state index is 12.5. The first-order chi connectivity index (χ1) is 10.5. The Morgan fingerprint density at radius 1 is 1.27 bits per heavy atom. The number of nitrogens with zero attached hydrogens (tertiary/aromatic N) is 1. The Hall–Kier alpha value is -1.09. The van der Waals surface area contributed by atoms with Gasteiger partial charge in [0.1, 0.15) is 0 Å². The van der Waals surface area contributed by atoms with E-state index >= 15 is 0 Å². The Bertz CT molecular complexity index is 496. The second-order valence-electron chi connectivity index (χ2n) is 7.23. The molecule has 0 radical (unpaired) electrons. The molecule has 0 amide bonds. The summed E-state index contributed by atoms with van der Waals surface area (Å²) < 4.78 is 2.42. The maximum absolute atomic E-state index is 12.5. The Morgan fingerprint density at radius 2 is 1.95 bits per heavy atom. The number of carbonyl (C=O) groups excluding carboxylic acids is 1.